The van der Waals surface area contributed by atoms with Gasteiger partial charge in [0.1, 0.15) is 0 Å². The number of ether oxygens (including phenoxy) is 1. The smallest absolute Gasteiger partial charge is 0.372 e. The van der Waals surface area contributed by atoms with Gasteiger partial charge in [-0.25, -0.2) is 0 Å². The Bertz CT molecular complexity index is 680. The van der Waals surface area contributed by atoms with E-state index in [0.717, 1.165) is 6.07 Å². The monoisotopic (exact) mass is 399 g/mol. The van der Waals surface area contributed by atoms with E-state index in [4.69, 9.17) is 4.74 Å². The molecule has 1 aromatic rings. The van der Waals surface area contributed by atoms with Crippen molar-refractivity contribution in [2.45, 2.75) is 45.2 Å². The quantitative estimate of drug-likeness (QED) is 0.783. The van der Waals surface area contributed by atoms with Gasteiger partial charge in [0, 0.05) is 45.0 Å². The van der Waals surface area contributed by atoms with E-state index in [1.807, 2.05) is 30.6 Å². The van der Waals surface area contributed by atoms with Crippen molar-refractivity contribution < 1.29 is 22.7 Å². The lowest BCUT2D eigenvalue weighted by Gasteiger charge is -2.42. The minimum Gasteiger partial charge on any atom is -0.372 e. The van der Waals surface area contributed by atoms with Crippen molar-refractivity contribution in [1.29, 1.82) is 0 Å². The lowest BCUT2D eigenvalue weighted by Crippen LogP contribution is -2.57. The molecule has 0 unspecified atom stereocenters. The van der Waals surface area contributed by atoms with Crippen LogP contribution in [0.3, 0.4) is 0 Å². The number of hydrogen-bond donors (Lipinski definition) is 0. The average molecular weight is 399 g/mol. The predicted octanol–water partition coefficient (Wildman–Crippen LogP) is 2.85. The first-order chi connectivity index (χ1) is 13.1. The Hall–Kier alpha value is -1.80. The summed E-state index contributed by atoms with van der Waals surface area (Å²) >= 11 is 0. The van der Waals surface area contributed by atoms with Gasteiger partial charge in [-0.3, -0.25) is 9.69 Å². The molecule has 3 rings (SSSR count). The molecule has 3 atom stereocenters. The molecule has 2 aliphatic heterocycles. The molecule has 0 radical (unpaired) electrons. The summed E-state index contributed by atoms with van der Waals surface area (Å²) < 4.78 is 44.5. The van der Waals surface area contributed by atoms with Crippen molar-refractivity contribution in [2.24, 2.45) is 0 Å². The van der Waals surface area contributed by atoms with Gasteiger partial charge in [-0.2, -0.15) is 13.2 Å². The maximum atomic E-state index is 12.9. The normalized spacial score (nSPS) is 25.6. The summed E-state index contributed by atoms with van der Waals surface area (Å²) in [5.74, 6) is 0.0921. The number of anilines is 1. The molecule has 2 aliphatic rings. The zero-order valence-corrected chi connectivity index (χ0v) is 16.6. The van der Waals surface area contributed by atoms with Gasteiger partial charge in [0.05, 0.1) is 23.8 Å². The fourth-order valence-electron chi connectivity index (χ4n) is 4.02. The summed E-state index contributed by atoms with van der Waals surface area (Å²) in [6.45, 7) is 9.49. The third-order valence-corrected chi connectivity index (χ3v) is 5.49. The zero-order valence-electron chi connectivity index (χ0n) is 16.6. The Kier molecular flexibility index (Phi) is 6.19. The molecular formula is C20H28F3N3O2. The minimum atomic E-state index is -4.34. The number of piperazine rings is 1. The molecule has 2 heterocycles. The number of carbonyl (C=O) groups is 1. The molecule has 2 fully saturated rings. The molecule has 0 spiro atoms. The van der Waals surface area contributed by atoms with Crippen LogP contribution in [0.5, 0.6) is 0 Å². The highest BCUT2D eigenvalue weighted by Gasteiger charge is 2.34. The van der Waals surface area contributed by atoms with Crippen molar-refractivity contribution in [3.05, 3.63) is 29.8 Å². The zero-order chi connectivity index (χ0) is 20.5. The van der Waals surface area contributed by atoms with Crippen LogP contribution < -0.4 is 4.90 Å². The lowest BCUT2D eigenvalue weighted by atomic mass is 10.1. The maximum Gasteiger partial charge on any atom is 0.416 e. The highest BCUT2D eigenvalue weighted by molar-refractivity contribution is 5.81. The molecule has 0 aliphatic carbocycles. The molecule has 156 valence electrons. The Morgan fingerprint density at radius 1 is 1.11 bits per heavy atom. The molecule has 1 amide bonds. The summed E-state index contributed by atoms with van der Waals surface area (Å²) in [5.41, 5.74) is -0.0594. The number of alkyl halides is 3. The minimum absolute atomic E-state index is 0.0256. The third-order valence-electron chi connectivity index (χ3n) is 5.49. The van der Waals surface area contributed by atoms with E-state index >= 15 is 0 Å². The number of amides is 1. The molecule has 8 heteroatoms. The van der Waals surface area contributed by atoms with Gasteiger partial charge in [0.25, 0.3) is 0 Å². The van der Waals surface area contributed by atoms with E-state index < -0.39 is 11.7 Å². The fourth-order valence-corrected chi connectivity index (χ4v) is 4.02. The second-order valence-electron chi connectivity index (χ2n) is 7.75. The van der Waals surface area contributed by atoms with Crippen LogP contribution in [-0.4, -0.2) is 73.2 Å². The largest absolute Gasteiger partial charge is 0.416 e. The predicted molar refractivity (Wildman–Crippen MR) is 101 cm³/mol. The number of morpholine rings is 1. The number of halogens is 3. The SMILES string of the molecule is C[C@@H]1CN(C(=O)[C@H](C)N2CCN(c3cccc(C(F)(F)F)c3)CC2)C[C@H](C)O1. The number of hydrogen-bond acceptors (Lipinski definition) is 4. The van der Waals surface area contributed by atoms with E-state index in [1.54, 1.807) is 6.07 Å². The van der Waals surface area contributed by atoms with Crippen LogP contribution in [0.2, 0.25) is 0 Å². The first-order valence-electron chi connectivity index (χ1n) is 9.75. The molecule has 0 saturated carbocycles. The van der Waals surface area contributed by atoms with Gasteiger partial charge >= 0.3 is 6.18 Å². The maximum absolute atomic E-state index is 12.9. The van der Waals surface area contributed by atoms with E-state index in [1.165, 1.54) is 12.1 Å². The Balaban J connectivity index is 1.58. The Labute approximate surface area is 164 Å². The van der Waals surface area contributed by atoms with Crippen molar-refractivity contribution in [1.82, 2.24) is 9.80 Å². The van der Waals surface area contributed by atoms with E-state index in [0.29, 0.717) is 45.0 Å². The second kappa shape index (κ2) is 8.29. The molecular weight excluding hydrogens is 371 g/mol. The molecule has 2 saturated heterocycles. The standard InChI is InChI=1S/C20H28F3N3O2/c1-14-12-26(13-15(2)28-14)19(27)16(3)24-7-9-25(10-8-24)18-6-4-5-17(11-18)20(21,22)23/h4-6,11,14-16H,7-10,12-13H2,1-3H3/t14-,15+,16-/m0/s1. The van der Waals surface area contributed by atoms with E-state index in [-0.39, 0.29) is 24.2 Å². The lowest BCUT2D eigenvalue weighted by molar-refractivity contribution is -0.148. The number of benzene rings is 1. The first kappa shape index (κ1) is 20.9. The van der Waals surface area contributed by atoms with Crippen LogP contribution in [0.25, 0.3) is 0 Å². The van der Waals surface area contributed by atoms with Crippen molar-refractivity contribution in [3.63, 3.8) is 0 Å². The molecule has 5 nitrogen and oxygen atoms in total. The van der Waals surface area contributed by atoms with E-state index in [2.05, 4.69) is 4.90 Å². The summed E-state index contributed by atoms with van der Waals surface area (Å²) in [6, 6.07) is 5.18. The third kappa shape index (κ3) is 4.78. The van der Waals surface area contributed by atoms with Crippen LogP contribution in [0.4, 0.5) is 18.9 Å². The second-order valence-corrected chi connectivity index (χ2v) is 7.75. The number of nitrogens with zero attached hydrogens (tertiary/aromatic N) is 3. The average Bonchev–Trinajstić information content (AvgIpc) is 2.65. The van der Waals surface area contributed by atoms with Crippen molar-refractivity contribution in [2.75, 3.05) is 44.2 Å². The molecule has 0 aromatic heterocycles. The summed E-state index contributed by atoms with van der Waals surface area (Å²) in [5, 5.41) is 0. The highest BCUT2D eigenvalue weighted by atomic mass is 19.4. The van der Waals surface area contributed by atoms with Gasteiger partial charge in [0.2, 0.25) is 5.91 Å². The number of rotatable bonds is 3. The van der Waals surface area contributed by atoms with Gasteiger partial charge in [0.15, 0.2) is 0 Å². The summed E-state index contributed by atoms with van der Waals surface area (Å²) in [4.78, 5) is 18.8. The Morgan fingerprint density at radius 2 is 1.71 bits per heavy atom. The van der Waals surface area contributed by atoms with Crippen molar-refractivity contribution >= 4 is 11.6 Å². The highest BCUT2D eigenvalue weighted by Crippen LogP contribution is 2.32. The van der Waals surface area contributed by atoms with Crippen LogP contribution >= 0.6 is 0 Å². The number of carbonyl (C=O) groups excluding carboxylic acids is 1. The first-order valence-corrected chi connectivity index (χ1v) is 9.75. The van der Waals surface area contributed by atoms with Gasteiger partial charge in [-0.1, -0.05) is 6.07 Å². The van der Waals surface area contributed by atoms with E-state index in [9.17, 15) is 18.0 Å². The van der Waals surface area contributed by atoms with Gasteiger partial charge in [-0.15, -0.1) is 0 Å². The fraction of sp³-hybridized carbons (Fsp3) is 0.650. The molecule has 0 N–H and O–H groups in total. The van der Waals surface area contributed by atoms with Crippen LogP contribution in [0.1, 0.15) is 26.3 Å². The Morgan fingerprint density at radius 3 is 2.29 bits per heavy atom. The summed E-state index contributed by atoms with van der Waals surface area (Å²) in [7, 11) is 0. The molecule has 28 heavy (non-hydrogen) atoms. The van der Waals surface area contributed by atoms with Crippen molar-refractivity contribution in [3.8, 4) is 0 Å². The van der Waals surface area contributed by atoms with Gasteiger partial charge < -0.3 is 14.5 Å². The van der Waals surface area contributed by atoms with Crippen LogP contribution in [0, 0.1) is 0 Å². The topological polar surface area (TPSA) is 36.0 Å². The molecule has 0 bridgehead atoms. The van der Waals surface area contributed by atoms with Gasteiger partial charge in [-0.05, 0) is 39.0 Å². The summed E-state index contributed by atoms with van der Waals surface area (Å²) in [6.07, 6.45) is -4.29. The van der Waals surface area contributed by atoms with Crippen LogP contribution in [-0.2, 0) is 15.7 Å². The van der Waals surface area contributed by atoms with Crippen LogP contribution in [0.15, 0.2) is 24.3 Å². The molecule has 1 aromatic carbocycles.